The van der Waals surface area contributed by atoms with E-state index in [0.717, 1.165) is 32.3 Å². The highest BCUT2D eigenvalue weighted by molar-refractivity contribution is 5.80. The molecular formula is C16H31NO3. The van der Waals surface area contributed by atoms with Crippen LogP contribution < -0.4 is 5.32 Å². The predicted octanol–water partition coefficient (Wildman–Crippen LogP) is 3.05. The molecule has 0 aromatic rings. The quantitative estimate of drug-likeness (QED) is 0.495. The Morgan fingerprint density at radius 3 is 2.40 bits per heavy atom. The van der Waals surface area contributed by atoms with Crippen molar-refractivity contribution in [3.8, 4) is 0 Å². The first-order chi connectivity index (χ1) is 9.33. The number of rotatable bonds is 10. The minimum atomic E-state index is -0.545. The van der Waals surface area contributed by atoms with Crippen LogP contribution in [0.4, 0.5) is 0 Å². The monoisotopic (exact) mass is 285 g/mol. The van der Waals surface area contributed by atoms with E-state index in [0.29, 0.717) is 6.04 Å². The van der Waals surface area contributed by atoms with E-state index in [1.165, 1.54) is 20.0 Å². The molecule has 1 fully saturated rings. The van der Waals surface area contributed by atoms with Crippen molar-refractivity contribution in [3.63, 3.8) is 0 Å². The van der Waals surface area contributed by atoms with E-state index >= 15 is 0 Å². The van der Waals surface area contributed by atoms with Gasteiger partial charge in [-0.2, -0.15) is 0 Å². The van der Waals surface area contributed by atoms with Gasteiger partial charge in [0.1, 0.15) is 5.54 Å². The number of carbonyl (C=O) groups is 1. The molecule has 0 saturated heterocycles. The Morgan fingerprint density at radius 2 is 1.90 bits per heavy atom. The zero-order valence-electron chi connectivity index (χ0n) is 13.8. The molecule has 0 bridgehead atoms. The van der Waals surface area contributed by atoms with Crippen LogP contribution in [-0.4, -0.2) is 36.9 Å². The number of unbranched alkanes of at least 4 members (excludes halogenated alkanes) is 1. The van der Waals surface area contributed by atoms with E-state index in [2.05, 4.69) is 26.1 Å². The van der Waals surface area contributed by atoms with Gasteiger partial charge in [-0.1, -0.05) is 6.92 Å². The lowest BCUT2D eigenvalue weighted by Crippen LogP contribution is -2.51. The van der Waals surface area contributed by atoms with Crippen molar-refractivity contribution in [1.82, 2.24) is 5.32 Å². The molecule has 1 rings (SSSR count). The third-order valence-corrected chi connectivity index (χ3v) is 4.15. The molecule has 0 aromatic carbocycles. The summed E-state index contributed by atoms with van der Waals surface area (Å²) in [5, 5.41) is 3.42. The van der Waals surface area contributed by atoms with Crippen LogP contribution in [0.25, 0.3) is 0 Å². The van der Waals surface area contributed by atoms with E-state index in [4.69, 9.17) is 9.47 Å². The van der Waals surface area contributed by atoms with E-state index in [1.807, 2.05) is 6.92 Å². The summed E-state index contributed by atoms with van der Waals surface area (Å²) in [7, 11) is 1.46. The number of hydrogen-bond donors (Lipinski definition) is 1. The fraction of sp³-hybridized carbons (Fsp3) is 0.938. The molecule has 0 aliphatic heterocycles. The zero-order valence-corrected chi connectivity index (χ0v) is 13.8. The number of hydrogen-bond acceptors (Lipinski definition) is 4. The first-order valence-corrected chi connectivity index (χ1v) is 7.83. The first-order valence-electron chi connectivity index (χ1n) is 7.83. The Labute approximate surface area is 123 Å². The summed E-state index contributed by atoms with van der Waals surface area (Å²) in [4.78, 5) is 12.0. The standard InChI is InChI=1S/C16H31NO3/c1-6-15(2,3)20-12-8-7-11-16(4,14(18)19-5)17-13-9-10-13/h13,17H,6-12H2,1-5H3. The number of ether oxygens (including phenoxy) is 2. The fourth-order valence-corrected chi connectivity index (χ4v) is 2.17. The van der Waals surface area contributed by atoms with Gasteiger partial charge in [0.05, 0.1) is 12.7 Å². The molecule has 0 aromatic heterocycles. The lowest BCUT2D eigenvalue weighted by atomic mass is 9.94. The summed E-state index contributed by atoms with van der Waals surface area (Å²) >= 11 is 0. The third-order valence-electron chi connectivity index (χ3n) is 4.15. The van der Waals surface area contributed by atoms with Crippen molar-refractivity contribution in [3.05, 3.63) is 0 Å². The van der Waals surface area contributed by atoms with Gasteiger partial charge in [0.2, 0.25) is 0 Å². The molecule has 0 heterocycles. The van der Waals surface area contributed by atoms with Gasteiger partial charge in [-0.05, 0) is 59.3 Å². The first kappa shape index (κ1) is 17.4. The van der Waals surface area contributed by atoms with Crippen molar-refractivity contribution < 1.29 is 14.3 Å². The van der Waals surface area contributed by atoms with E-state index in [9.17, 15) is 4.79 Å². The predicted molar refractivity (Wildman–Crippen MR) is 80.8 cm³/mol. The van der Waals surface area contributed by atoms with E-state index < -0.39 is 5.54 Å². The molecule has 1 saturated carbocycles. The average molecular weight is 285 g/mol. The maximum absolute atomic E-state index is 12.0. The van der Waals surface area contributed by atoms with E-state index in [-0.39, 0.29) is 11.6 Å². The van der Waals surface area contributed by atoms with Gasteiger partial charge >= 0.3 is 5.97 Å². The second-order valence-corrected chi connectivity index (χ2v) is 6.66. The van der Waals surface area contributed by atoms with Gasteiger partial charge in [0.15, 0.2) is 0 Å². The van der Waals surface area contributed by atoms with Crippen LogP contribution in [0.1, 0.15) is 66.2 Å². The van der Waals surface area contributed by atoms with Crippen LogP contribution in [0.3, 0.4) is 0 Å². The van der Waals surface area contributed by atoms with Crippen molar-refractivity contribution in [2.45, 2.75) is 83.4 Å². The summed E-state index contributed by atoms with van der Waals surface area (Å²) in [6.45, 7) is 9.06. The molecule has 1 aliphatic carbocycles. The van der Waals surface area contributed by atoms with Crippen LogP contribution >= 0.6 is 0 Å². The Bertz CT molecular complexity index is 313. The molecule has 20 heavy (non-hydrogen) atoms. The van der Waals surface area contributed by atoms with Crippen molar-refractivity contribution in [2.24, 2.45) is 0 Å². The Hall–Kier alpha value is -0.610. The van der Waals surface area contributed by atoms with Crippen LogP contribution in [0.5, 0.6) is 0 Å². The van der Waals surface area contributed by atoms with Gasteiger partial charge in [0, 0.05) is 12.6 Å². The fourth-order valence-electron chi connectivity index (χ4n) is 2.17. The molecule has 1 N–H and O–H groups in total. The molecule has 0 spiro atoms. The van der Waals surface area contributed by atoms with Gasteiger partial charge in [0.25, 0.3) is 0 Å². The second-order valence-electron chi connectivity index (χ2n) is 6.66. The van der Waals surface area contributed by atoms with Gasteiger partial charge in [-0.15, -0.1) is 0 Å². The van der Waals surface area contributed by atoms with Crippen LogP contribution in [-0.2, 0) is 14.3 Å². The molecule has 4 heteroatoms. The van der Waals surface area contributed by atoms with Crippen molar-refractivity contribution >= 4 is 5.97 Å². The van der Waals surface area contributed by atoms with Crippen LogP contribution in [0.2, 0.25) is 0 Å². The van der Waals surface area contributed by atoms with Gasteiger partial charge in [-0.3, -0.25) is 10.1 Å². The Kier molecular flexibility index (Phi) is 6.46. The minimum Gasteiger partial charge on any atom is -0.468 e. The molecule has 1 unspecified atom stereocenters. The molecule has 1 aliphatic rings. The molecular weight excluding hydrogens is 254 g/mol. The van der Waals surface area contributed by atoms with Gasteiger partial charge < -0.3 is 9.47 Å². The summed E-state index contributed by atoms with van der Waals surface area (Å²) in [6.07, 6.45) is 6.08. The largest absolute Gasteiger partial charge is 0.468 e. The lowest BCUT2D eigenvalue weighted by Gasteiger charge is -2.28. The summed E-state index contributed by atoms with van der Waals surface area (Å²) < 4.78 is 10.8. The molecule has 1 atom stereocenters. The van der Waals surface area contributed by atoms with E-state index in [1.54, 1.807) is 0 Å². The number of nitrogens with one attached hydrogen (secondary N) is 1. The maximum atomic E-state index is 12.0. The highest BCUT2D eigenvalue weighted by atomic mass is 16.5. The van der Waals surface area contributed by atoms with Crippen molar-refractivity contribution in [1.29, 1.82) is 0 Å². The second kappa shape index (κ2) is 7.41. The highest BCUT2D eigenvalue weighted by Crippen LogP contribution is 2.26. The normalized spacial score (nSPS) is 18.6. The minimum absolute atomic E-state index is 0.0437. The highest BCUT2D eigenvalue weighted by Gasteiger charge is 2.38. The average Bonchev–Trinajstić information content (AvgIpc) is 3.21. The molecule has 118 valence electrons. The third kappa shape index (κ3) is 5.80. The Balaban J connectivity index is 2.30. The van der Waals surface area contributed by atoms with Crippen LogP contribution in [0, 0.1) is 0 Å². The summed E-state index contributed by atoms with van der Waals surface area (Å²) in [5.41, 5.74) is -0.589. The topological polar surface area (TPSA) is 47.6 Å². The molecule has 0 amide bonds. The zero-order chi connectivity index (χ0) is 15.2. The number of methoxy groups -OCH3 is 1. The van der Waals surface area contributed by atoms with Gasteiger partial charge in [-0.25, -0.2) is 0 Å². The summed E-state index contributed by atoms with van der Waals surface area (Å²) in [6, 6.07) is 0.495. The smallest absolute Gasteiger partial charge is 0.325 e. The SMILES string of the molecule is CCC(C)(C)OCCCCC(C)(NC1CC1)C(=O)OC. The van der Waals surface area contributed by atoms with Crippen molar-refractivity contribution in [2.75, 3.05) is 13.7 Å². The molecule has 4 nitrogen and oxygen atoms in total. The lowest BCUT2D eigenvalue weighted by molar-refractivity contribution is -0.148. The number of esters is 1. The van der Waals surface area contributed by atoms with Crippen LogP contribution in [0.15, 0.2) is 0 Å². The summed E-state index contributed by atoms with van der Waals surface area (Å²) in [5.74, 6) is -0.154. The maximum Gasteiger partial charge on any atom is 0.325 e. The Morgan fingerprint density at radius 1 is 1.25 bits per heavy atom. The number of carbonyl (C=O) groups excluding carboxylic acids is 1. The molecule has 0 radical (unpaired) electrons.